The first-order chi connectivity index (χ1) is 10.5. The van der Waals surface area contributed by atoms with Gasteiger partial charge in [0.1, 0.15) is 0 Å². The van der Waals surface area contributed by atoms with Crippen LogP contribution in [0.1, 0.15) is 38.7 Å². The van der Waals surface area contributed by atoms with Crippen LogP contribution in [0.3, 0.4) is 0 Å². The minimum Gasteiger partial charge on any atom is -0.354 e. The Morgan fingerprint density at radius 1 is 1.18 bits per heavy atom. The molecule has 1 aromatic rings. The van der Waals surface area contributed by atoms with Crippen LogP contribution in [0.5, 0.6) is 0 Å². The van der Waals surface area contributed by atoms with Gasteiger partial charge in [-0.3, -0.25) is 9.59 Å². The van der Waals surface area contributed by atoms with Gasteiger partial charge in [0.15, 0.2) is 0 Å². The molecule has 0 saturated carbocycles. The third-order valence-corrected chi connectivity index (χ3v) is 3.74. The summed E-state index contributed by atoms with van der Waals surface area (Å²) in [5, 5.41) is 3.57. The fourth-order valence-corrected chi connectivity index (χ4v) is 2.22. The molecule has 5 heteroatoms. The second kappa shape index (κ2) is 10.2. The number of rotatable bonds is 9. The Bertz CT molecular complexity index is 474. The molecule has 0 aliphatic heterocycles. The summed E-state index contributed by atoms with van der Waals surface area (Å²) in [6.45, 7) is 5.30. The van der Waals surface area contributed by atoms with Gasteiger partial charge >= 0.3 is 0 Å². The van der Waals surface area contributed by atoms with E-state index in [1.807, 2.05) is 24.3 Å². The van der Waals surface area contributed by atoms with Gasteiger partial charge in [0, 0.05) is 38.0 Å². The number of amides is 2. The fourth-order valence-electron chi connectivity index (χ4n) is 2.10. The maximum atomic E-state index is 11.7. The van der Waals surface area contributed by atoms with Gasteiger partial charge in [-0.05, 0) is 30.5 Å². The van der Waals surface area contributed by atoms with Crippen molar-refractivity contribution in [3.05, 3.63) is 34.9 Å². The van der Waals surface area contributed by atoms with E-state index in [9.17, 15) is 9.59 Å². The number of unbranched alkanes of at least 4 members (excludes halogenated alkanes) is 1. The summed E-state index contributed by atoms with van der Waals surface area (Å²) in [7, 11) is 0. The van der Waals surface area contributed by atoms with E-state index in [4.69, 9.17) is 11.6 Å². The minimum atomic E-state index is 0.0248. The molecular weight excluding hydrogens is 300 g/mol. The molecule has 0 unspecified atom stereocenters. The number of hydrogen-bond donors (Lipinski definition) is 1. The monoisotopic (exact) mass is 324 g/mol. The van der Waals surface area contributed by atoms with Crippen molar-refractivity contribution >= 4 is 23.4 Å². The topological polar surface area (TPSA) is 49.4 Å². The molecule has 0 aliphatic carbocycles. The summed E-state index contributed by atoms with van der Waals surface area (Å²) in [6, 6.07) is 7.63. The molecule has 0 atom stereocenters. The Balaban J connectivity index is 2.34. The van der Waals surface area contributed by atoms with Crippen LogP contribution < -0.4 is 5.32 Å². The highest BCUT2D eigenvalue weighted by Gasteiger charge is 2.09. The lowest BCUT2D eigenvalue weighted by Crippen LogP contribution is -2.38. The normalized spacial score (nSPS) is 10.3. The first-order valence-corrected chi connectivity index (χ1v) is 8.17. The van der Waals surface area contributed by atoms with E-state index in [0.29, 0.717) is 31.1 Å². The summed E-state index contributed by atoms with van der Waals surface area (Å²) in [6.07, 6.45) is 3.24. The highest BCUT2D eigenvalue weighted by Crippen LogP contribution is 2.10. The summed E-state index contributed by atoms with van der Waals surface area (Å²) in [5.41, 5.74) is 1.14. The van der Waals surface area contributed by atoms with Crippen molar-refractivity contribution in [2.45, 2.75) is 39.5 Å². The summed E-state index contributed by atoms with van der Waals surface area (Å²) in [5.74, 6) is 0.0832. The summed E-state index contributed by atoms with van der Waals surface area (Å²) >= 11 is 5.85. The van der Waals surface area contributed by atoms with Gasteiger partial charge in [0.25, 0.3) is 0 Å². The Morgan fingerprint density at radius 2 is 1.86 bits per heavy atom. The molecule has 0 heterocycles. The minimum absolute atomic E-state index is 0.0248. The Labute approximate surface area is 137 Å². The van der Waals surface area contributed by atoms with E-state index in [0.717, 1.165) is 24.8 Å². The average Bonchev–Trinajstić information content (AvgIpc) is 2.49. The molecule has 0 fully saturated rings. The van der Waals surface area contributed by atoms with Gasteiger partial charge in [0.2, 0.25) is 11.8 Å². The zero-order valence-corrected chi connectivity index (χ0v) is 14.2. The maximum absolute atomic E-state index is 11.7. The van der Waals surface area contributed by atoms with E-state index in [2.05, 4.69) is 12.2 Å². The second-order valence-corrected chi connectivity index (χ2v) is 5.77. The molecule has 0 spiro atoms. The molecular formula is C17H25ClN2O2. The van der Waals surface area contributed by atoms with Crippen LogP contribution in [0.4, 0.5) is 0 Å². The van der Waals surface area contributed by atoms with Crippen molar-refractivity contribution in [1.82, 2.24) is 10.2 Å². The number of hydrogen-bond acceptors (Lipinski definition) is 2. The molecule has 0 radical (unpaired) electrons. The smallest absolute Gasteiger partial charge is 0.220 e. The zero-order valence-electron chi connectivity index (χ0n) is 13.4. The number of carbonyl (C=O) groups excluding carboxylic acids is 2. The molecule has 1 aromatic carbocycles. The first kappa shape index (κ1) is 18.5. The van der Waals surface area contributed by atoms with Crippen LogP contribution in [-0.4, -0.2) is 36.3 Å². The average molecular weight is 325 g/mol. The van der Waals surface area contributed by atoms with Crippen LogP contribution in [0, 0.1) is 0 Å². The van der Waals surface area contributed by atoms with Gasteiger partial charge in [-0.25, -0.2) is 0 Å². The number of halogens is 1. The SMILES string of the molecule is CCCCC(=O)NCCN(CCc1ccc(Cl)cc1)C(C)=O. The Hall–Kier alpha value is -1.55. The predicted molar refractivity (Wildman–Crippen MR) is 89.9 cm³/mol. The van der Waals surface area contributed by atoms with Gasteiger partial charge in [-0.1, -0.05) is 37.1 Å². The molecule has 0 bridgehead atoms. The fraction of sp³-hybridized carbons (Fsp3) is 0.529. The van der Waals surface area contributed by atoms with E-state index < -0.39 is 0 Å². The molecule has 0 aromatic heterocycles. The van der Waals surface area contributed by atoms with Crippen LogP contribution >= 0.6 is 11.6 Å². The quantitative estimate of drug-likeness (QED) is 0.759. The molecule has 1 rings (SSSR count). The first-order valence-electron chi connectivity index (χ1n) is 7.79. The van der Waals surface area contributed by atoms with Crippen LogP contribution in [0.2, 0.25) is 5.02 Å². The Kier molecular flexibility index (Phi) is 8.60. The maximum Gasteiger partial charge on any atom is 0.220 e. The summed E-state index contributed by atoms with van der Waals surface area (Å²) < 4.78 is 0. The number of nitrogens with one attached hydrogen (secondary N) is 1. The number of nitrogens with zero attached hydrogens (tertiary/aromatic N) is 1. The largest absolute Gasteiger partial charge is 0.354 e. The standard InChI is InChI=1S/C17H25ClN2O2/c1-3-4-5-17(22)19-11-13-20(14(2)21)12-10-15-6-8-16(18)9-7-15/h6-9H,3-5,10-13H2,1-2H3,(H,19,22). The van der Waals surface area contributed by atoms with Crippen molar-refractivity contribution < 1.29 is 9.59 Å². The van der Waals surface area contributed by atoms with E-state index >= 15 is 0 Å². The van der Waals surface area contributed by atoms with E-state index in [1.165, 1.54) is 0 Å². The van der Waals surface area contributed by atoms with Gasteiger partial charge in [-0.2, -0.15) is 0 Å². The third kappa shape index (κ3) is 7.46. The van der Waals surface area contributed by atoms with Crippen molar-refractivity contribution in [3.8, 4) is 0 Å². The van der Waals surface area contributed by atoms with Crippen molar-refractivity contribution in [2.24, 2.45) is 0 Å². The summed E-state index contributed by atoms with van der Waals surface area (Å²) in [4.78, 5) is 25.0. The lowest BCUT2D eigenvalue weighted by molar-refractivity contribution is -0.129. The van der Waals surface area contributed by atoms with Crippen molar-refractivity contribution in [2.75, 3.05) is 19.6 Å². The van der Waals surface area contributed by atoms with E-state index in [1.54, 1.807) is 11.8 Å². The van der Waals surface area contributed by atoms with Crippen LogP contribution in [0.15, 0.2) is 24.3 Å². The molecule has 0 aliphatic rings. The van der Waals surface area contributed by atoms with Crippen LogP contribution in [0.25, 0.3) is 0 Å². The van der Waals surface area contributed by atoms with Crippen LogP contribution in [-0.2, 0) is 16.0 Å². The molecule has 22 heavy (non-hydrogen) atoms. The molecule has 122 valence electrons. The highest BCUT2D eigenvalue weighted by molar-refractivity contribution is 6.30. The van der Waals surface area contributed by atoms with Gasteiger partial charge in [-0.15, -0.1) is 0 Å². The van der Waals surface area contributed by atoms with Crippen molar-refractivity contribution in [1.29, 1.82) is 0 Å². The number of carbonyl (C=O) groups is 2. The molecule has 4 nitrogen and oxygen atoms in total. The highest BCUT2D eigenvalue weighted by atomic mass is 35.5. The second-order valence-electron chi connectivity index (χ2n) is 5.34. The zero-order chi connectivity index (χ0) is 16.4. The van der Waals surface area contributed by atoms with Crippen molar-refractivity contribution in [3.63, 3.8) is 0 Å². The third-order valence-electron chi connectivity index (χ3n) is 3.49. The molecule has 2 amide bonds. The lowest BCUT2D eigenvalue weighted by Gasteiger charge is -2.21. The lowest BCUT2D eigenvalue weighted by atomic mass is 10.1. The van der Waals surface area contributed by atoms with Gasteiger partial charge < -0.3 is 10.2 Å². The molecule has 0 saturated heterocycles. The van der Waals surface area contributed by atoms with E-state index in [-0.39, 0.29) is 11.8 Å². The Morgan fingerprint density at radius 3 is 2.45 bits per heavy atom. The molecule has 1 N–H and O–H groups in total. The predicted octanol–water partition coefficient (Wildman–Crippen LogP) is 3.04. The number of benzene rings is 1. The van der Waals surface area contributed by atoms with Gasteiger partial charge in [0.05, 0.1) is 0 Å².